The second-order valence-electron chi connectivity index (χ2n) is 5.83. The van der Waals surface area contributed by atoms with Crippen LogP contribution in [0.5, 0.6) is 0 Å². The van der Waals surface area contributed by atoms with Gasteiger partial charge in [0.05, 0.1) is 12.5 Å². The summed E-state index contributed by atoms with van der Waals surface area (Å²) >= 11 is 0. The molecule has 0 aliphatic heterocycles. The molecule has 0 aliphatic carbocycles. The summed E-state index contributed by atoms with van der Waals surface area (Å²) in [4.78, 5) is 42.6. The molecule has 0 saturated heterocycles. The van der Waals surface area contributed by atoms with Gasteiger partial charge in [-0.15, -0.1) is 0 Å². The van der Waals surface area contributed by atoms with E-state index < -0.39 is 57.1 Å². The van der Waals surface area contributed by atoms with E-state index in [1.165, 1.54) is 0 Å². The van der Waals surface area contributed by atoms with Crippen molar-refractivity contribution in [2.45, 2.75) is 31.7 Å². The Morgan fingerprint density at radius 3 is 2.19 bits per heavy atom. The monoisotopic (exact) mass is 403 g/mol. The highest BCUT2D eigenvalue weighted by molar-refractivity contribution is 7.50. The SMILES string of the molecule is O=C(O)CC[C@H](NP(=O)(O)OCC(CCc1ccccc1)C(=O)O)C(=O)O. The Balaban J connectivity index is 2.60. The lowest BCUT2D eigenvalue weighted by molar-refractivity contribution is -0.144. The van der Waals surface area contributed by atoms with Gasteiger partial charge in [-0.1, -0.05) is 30.3 Å². The van der Waals surface area contributed by atoms with Crippen molar-refractivity contribution >= 4 is 25.7 Å². The molecule has 0 amide bonds. The van der Waals surface area contributed by atoms with E-state index in [2.05, 4.69) is 0 Å². The van der Waals surface area contributed by atoms with Gasteiger partial charge in [0.1, 0.15) is 6.04 Å². The Morgan fingerprint density at radius 1 is 1.04 bits per heavy atom. The molecule has 0 spiro atoms. The van der Waals surface area contributed by atoms with Crippen LogP contribution in [0.2, 0.25) is 0 Å². The molecule has 1 rings (SSSR count). The molecule has 5 N–H and O–H groups in total. The zero-order chi connectivity index (χ0) is 20.4. The molecule has 0 radical (unpaired) electrons. The van der Waals surface area contributed by atoms with Crippen LogP contribution in [0.3, 0.4) is 0 Å². The Hall–Kier alpha value is -2.26. The van der Waals surface area contributed by atoms with Gasteiger partial charge in [0.15, 0.2) is 0 Å². The van der Waals surface area contributed by atoms with Gasteiger partial charge in [0, 0.05) is 6.42 Å². The van der Waals surface area contributed by atoms with Gasteiger partial charge in [0.2, 0.25) is 0 Å². The third-order valence-corrected chi connectivity index (χ3v) is 4.83. The fourth-order valence-corrected chi connectivity index (χ4v) is 3.29. The standard InChI is InChI=1S/C16H22NO9P/c18-14(19)9-8-13(16(22)23)17-27(24,25)26-10-12(15(20)21)7-6-11-4-2-1-3-5-11/h1-5,12-13H,6-10H2,(H,18,19)(H,20,21)(H,22,23)(H2,17,24,25)/t12?,13-/m0/s1. The minimum atomic E-state index is -4.64. The summed E-state index contributed by atoms with van der Waals surface area (Å²) in [6.07, 6.45) is -0.394. The first kappa shape index (κ1) is 22.8. The van der Waals surface area contributed by atoms with Gasteiger partial charge >= 0.3 is 25.7 Å². The van der Waals surface area contributed by atoms with Crippen molar-refractivity contribution in [2.75, 3.05) is 6.61 Å². The van der Waals surface area contributed by atoms with Crippen LogP contribution in [-0.2, 0) is 29.9 Å². The number of carboxylic acid groups (broad SMARTS) is 3. The molecular formula is C16H22NO9P. The average molecular weight is 403 g/mol. The van der Waals surface area contributed by atoms with Crippen LogP contribution in [0, 0.1) is 5.92 Å². The first-order valence-electron chi connectivity index (χ1n) is 8.07. The van der Waals surface area contributed by atoms with Crippen molar-refractivity contribution in [3.05, 3.63) is 35.9 Å². The number of carbonyl (C=O) groups is 3. The third kappa shape index (κ3) is 9.30. The zero-order valence-electron chi connectivity index (χ0n) is 14.4. The molecule has 0 bridgehead atoms. The van der Waals surface area contributed by atoms with E-state index in [9.17, 15) is 28.9 Å². The molecule has 27 heavy (non-hydrogen) atoms. The van der Waals surface area contributed by atoms with Crippen molar-refractivity contribution in [1.29, 1.82) is 0 Å². The zero-order valence-corrected chi connectivity index (χ0v) is 15.2. The van der Waals surface area contributed by atoms with Gasteiger partial charge in [-0.05, 0) is 24.8 Å². The normalized spacial score (nSPS) is 15.4. The Bertz CT molecular complexity index is 694. The highest BCUT2D eigenvalue weighted by Crippen LogP contribution is 2.38. The maximum atomic E-state index is 12.0. The number of nitrogens with one attached hydrogen (secondary N) is 1. The summed E-state index contributed by atoms with van der Waals surface area (Å²) in [5, 5.41) is 28.7. The van der Waals surface area contributed by atoms with Crippen LogP contribution in [-0.4, -0.2) is 50.8 Å². The summed E-state index contributed by atoms with van der Waals surface area (Å²) in [5.41, 5.74) is 0.897. The summed E-state index contributed by atoms with van der Waals surface area (Å²) < 4.78 is 16.7. The Kier molecular flexibility index (Phi) is 9.10. The number of hydrogen-bond donors (Lipinski definition) is 5. The molecule has 0 saturated carbocycles. The van der Waals surface area contributed by atoms with Crippen LogP contribution in [0.1, 0.15) is 24.8 Å². The summed E-state index contributed by atoms with van der Waals surface area (Å²) in [6.45, 7) is -0.603. The first-order chi connectivity index (χ1) is 12.6. The smallest absolute Gasteiger partial charge is 0.403 e. The van der Waals surface area contributed by atoms with Gasteiger partial charge in [-0.25, -0.2) is 9.65 Å². The molecule has 0 aliphatic rings. The summed E-state index contributed by atoms with van der Waals surface area (Å²) in [7, 11) is -4.64. The maximum Gasteiger partial charge on any atom is 0.403 e. The predicted octanol–water partition coefficient (Wildman–Crippen LogP) is 1.34. The molecular weight excluding hydrogens is 381 g/mol. The first-order valence-corrected chi connectivity index (χ1v) is 9.65. The fraction of sp³-hybridized carbons (Fsp3) is 0.438. The van der Waals surface area contributed by atoms with Gasteiger partial charge in [-0.3, -0.25) is 18.9 Å². The Morgan fingerprint density at radius 2 is 1.67 bits per heavy atom. The molecule has 10 nitrogen and oxygen atoms in total. The van der Waals surface area contributed by atoms with Crippen LogP contribution >= 0.6 is 7.75 Å². The van der Waals surface area contributed by atoms with E-state index in [-0.39, 0.29) is 6.42 Å². The van der Waals surface area contributed by atoms with Crippen LogP contribution in [0.15, 0.2) is 30.3 Å². The largest absolute Gasteiger partial charge is 0.481 e. The van der Waals surface area contributed by atoms with Crippen LogP contribution < -0.4 is 5.09 Å². The molecule has 0 aromatic heterocycles. The molecule has 11 heteroatoms. The topological polar surface area (TPSA) is 170 Å². The number of benzene rings is 1. The molecule has 150 valence electrons. The van der Waals surface area contributed by atoms with Gasteiger partial charge in [0.25, 0.3) is 0 Å². The fourth-order valence-electron chi connectivity index (χ4n) is 2.20. The van der Waals surface area contributed by atoms with E-state index in [4.69, 9.17) is 14.7 Å². The number of aliphatic carboxylic acids is 3. The van der Waals surface area contributed by atoms with E-state index in [1.54, 1.807) is 12.1 Å². The highest BCUT2D eigenvalue weighted by Gasteiger charge is 2.31. The molecule has 0 fully saturated rings. The lowest BCUT2D eigenvalue weighted by Gasteiger charge is -2.20. The molecule has 2 unspecified atom stereocenters. The van der Waals surface area contributed by atoms with Gasteiger partial charge in [-0.2, -0.15) is 0 Å². The quantitative estimate of drug-likeness (QED) is 0.303. The van der Waals surface area contributed by atoms with E-state index >= 15 is 0 Å². The molecule has 1 aromatic carbocycles. The second kappa shape index (κ2) is 10.8. The lowest BCUT2D eigenvalue weighted by atomic mass is 10.0. The van der Waals surface area contributed by atoms with Crippen molar-refractivity contribution in [3.8, 4) is 0 Å². The average Bonchev–Trinajstić information content (AvgIpc) is 2.58. The van der Waals surface area contributed by atoms with Crippen LogP contribution in [0.4, 0.5) is 0 Å². The highest BCUT2D eigenvalue weighted by atomic mass is 31.2. The van der Waals surface area contributed by atoms with E-state index in [1.807, 2.05) is 23.3 Å². The summed E-state index contributed by atoms with van der Waals surface area (Å²) in [5.74, 6) is -5.07. The summed E-state index contributed by atoms with van der Waals surface area (Å²) in [6, 6.07) is 7.44. The third-order valence-electron chi connectivity index (χ3n) is 3.69. The Labute approximate surface area is 155 Å². The van der Waals surface area contributed by atoms with E-state index in [0.717, 1.165) is 5.56 Å². The predicted molar refractivity (Wildman–Crippen MR) is 93.1 cm³/mol. The van der Waals surface area contributed by atoms with Crippen molar-refractivity contribution < 1.29 is 43.7 Å². The molecule has 3 atom stereocenters. The van der Waals surface area contributed by atoms with Gasteiger partial charge < -0.3 is 20.2 Å². The maximum absolute atomic E-state index is 12.0. The van der Waals surface area contributed by atoms with E-state index in [0.29, 0.717) is 6.42 Å². The second-order valence-corrected chi connectivity index (χ2v) is 7.39. The van der Waals surface area contributed by atoms with Crippen molar-refractivity contribution in [3.63, 3.8) is 0 Å². The minimum absolute atomic E-state index is 0.153. The van der Waals surface area contributed by atoms with Crippen molar-refractivity contribution in [1.82, 2.24) is 5.09 Å². The number of rotatable bonds is 13. The minimum Gasteiger partial charge on any atom is -0.481 e. The van der Waals surface area contributed by atoms with Crippen molar-refractivity contribution in [2.24, 2.45) is 5.92 Å². The number of hydrogen-bond acceptors (Lipinski definition) is 5. The number of aryl methyl sites for hydroxylation is 1. The molecule has 0 heterocycles. The number of carboxylic acids is 3. The lowest BCUT2D eigenvalue weighted by Crippen LogP contribution is -2.36. The molecule has 1 aromatic rings. The van der Waals surface area contributed by atoms with Crippen LogP contribution in [0.25, 0.3) is 0 Å².